The lowest BCUT2D eigenvalue weighted by atomic mass is 9.94. The molecular formula is C18H23NO. The second-order valence-corrected chi connectivity index (χ2v) is 6.01. The van der Waals surface area contributed by atoms with E-state index in [0.29, 0.717) is 6.04 Å². The van der Waals surface area contributed by atoms with Gasteiger partial charge in [0.2, 0.25) is 0 Å². The summed E-state index contributed by atoms with van der Waals surface area (Å²) in [6.45, 7) is 6.25. The third-order valence-corrected chi connectivity index (χ3v) is 4.64. The molecule has 1 N–H and O–H groups in total. The minimum absolute atomic E-state index is 0.00934. The Morgan fingerprint density at radius 3 is 2.80 bits per heavy atom. The maximum atomic E-state index is 5.92. The molecule has 2 aromatic rings. The molecule has 0 spiro atoms. The van der Waals surface area contributed by atoms with Crippen LogP contribution in [0, 0.1) is 0 Å². The van der Waals surface area contributed by atoms with Gasteiger partial charge in [-0.25, -0.2) is 0 Å². The van der Waals surface area contributed by atoms with Gasteiger partial charge in [-0.1, -0.05) is 42.5 Å². The van der Waals surface area contributed by atoms with Crippen molar-refractivity contribution in [2.24, 2.45) is 0 Å². The first-order valence-corrected chi connectivity index (χ1v) is 7.53. The number of hydrogen-bond acceptors (Lipinski definition) is 2. The van der Waals surface area contributed by atoms with Gasteiger partial charge in [-0.2, -0.15) is 0 Å². The molecule has 0 aromatic heterocycles. The quantitative estimate of drug-likeness (QED) is 0.909. The lowest BCUT2D eigenvalue weighted by Gasteiger charge is -2.31. The van der Waals surface area contributed by atoms with Crippen molar-refractivity contribution in [3.63, 3.8) is 0 Å². The molecule has 0 bridgehead atoms. The van der Waals surface area contributed by atoms with Crippen LogP contribution in [0.5, 0.6) is 0 Å². The molecule has 106 valence electrons. The van der Waals surface area contributed by atoms with Crippen LogP contribution in [-0.4, -0.2) is 18.2 Å². The molecule has 2 atom stereocenters. The maximum Gasteiger partial charge on any atom is 0.0804 e. The Morgan fingerprint density at radius 1 is 1.20 bits per heavy atom. The molecule has 2 aromatic carbocycles. The normalized spacial score (nSPS) is 24.1. The zero-order valence-corrected chi connectivity index (χ0v) is 12.4. The highest BCUT2D eigenvalue weighted by Crippen LogP contribution is 2.29. The SMILES string of the molecule is C[C@@H](NCc1cccc2ccccc12)[C@@]1(C)CCCO1. The Balaban J connectivity index is 1.74. The van der Waals surface area contributed by atoms with Gasteiger partial charge in [-0.3, -0.25) is 0 Å². The van der Waals surface area contributed by atoms with Crippen molar-refractivity contribution in [2.75, 3.05) is 6.61 Å². The van der Waals surface area contributed by atoms with Crippen LogP contribution in [0.2, 0.25) is 0 Å². The largest absolute Gasteiger partial charge is 0.374 e. The van der Waals surface area contributed by atoms with E-state index in [1.807, 2.05) is 0 Å². The molecule has 0 unspecified atom stereocenters. The summed E-state index contributed by atoms with van der Waals surface area (Å²) < 4.78 is 5.92. The average Bonchev–Trinajstić information content (AvgIpc) is 2.93. The third-order valence-electron chi connectivity index (χ3n) is 4.64. The van der Waals surface area contributed by atoms with Crippen molar-refractivity contribution >= 4 is 10.8 Å². The van der Waals surface area contributed by atoms with Crippen LogP contribution in [0.4, 0.5) is 0 Å². The number of fused-ring (bicyclic) bond motifs is 1. The Morgan fingerprint density at radius 2 is 2.00 bits per heavy atom. The van der Waals surface area contributed by atoms with Crippen LogP contribution in [0.15, 0.2) is 42.5 Å². The van der Waals surface area contributed by atoms with Gasteiger partial charge in [-0.15, -0.1) is 0 Å². The molecular weight excluding hydrogens is 246 g/mol. The topological polar surface area (TPSA) is 21.3 Å². The van der Waals surface area contributed by atoms with Crippen molar-refractivity contribution in [3.05, 3.63) is 48.0 Å². The van der Waals surface area contributed by atoms with Gasteiger partial charge in [0, 0.05) is 19.2 Å². The molecule has 0 aliphatic carbocycles. The highest BCUT2D eigenvalue weighted by atomic mass is 16.5. The van der Waals surface area contributed by atoms with Crippen molar-refractivity contribution < 1.29 is 4.74 Å². The van der Waals surface area contributed by atoms with Gasteiger partial charge in [0.1, 0.15) is 0 Å². The zero-order valence-electron chi connectivity index (χ0n) is 12.4. The van der Waals surface area contributed by atoms with E-state index in [9.17, 15) is 0 Å². The van der Waals surface area contributed by atoms with Gasteiger partial charge in [-0.05, 0) is 43.0 Å². The highest BCUT2D eigenvalue weighted by Gasteiger charge is 2.35. The van der Waals surface area contributed by atoms with E-state index in [2.05, 4.69) is 61.6 Å². The first-order valence-electron chi connectivity index (χ1n) is 7.53. The fraction of sp³-hybridized carbons (Fsp3) is 0.444. The molecule has 1 saturated heterocycles. The molecule has 0 radical (unpaired) electrons. The molecule has 1 fully saturated rings. The van der Waals surface area contributed by atoms with Crippen molar-refractivity contribution in [2.45, 2.75) is 44.9 Å². The number of rotatable bonds is 4. The number of hydrogen-bond donors (Lipinski definition) is 1. The summed E-state index contributed by atoms with van der Waals surface area (Å²) in [5.41, 5.74) is 1.35. The van der Waals surface area contributed by atoms with Crippen LogP contribution in [-0.2, 0) is 11.3 Å². The van der Waals surface area contributed by atoms with Crippen LogP contribution < -0.4 is 5.32 Å². The first kappa shape index (κ1) is 13.6. The Kier molecular flexibility index (Phi) is 3.77. The van der Waals surface area contributed by atoms with Crippen molar-refractivity contribution in [1.82, 2.24) is 5.32 Å². The predicted octanol–water partition coefficient (Wildman–Crippen LogP) is 3.89. The Hall–Kier alpha value is -1.38. The summed E-state index contributed by atoms with van der Waals surface area (Å²) in [5, 5.41) is 6.30. The summed E-state index contributed by atoms with van der Waals surface area (Å²) in [4.78, 5) is 0. The predicted molar refractivity (Wildman–Crippen MR) is 83.8 cm³/mol. The summed E-state index contributed by atoms with van der Waals surface area (Å²) in [7, 11) is 0. The number of benzene rings is 2. The lowest BCUT2D eigenvalue weighted by molar-refractivity contribution is -0.00694. The van der Waals surface area contributed by atoms with E-state index in [-0.39, 0.29) is 5.60 Å². The van der Waals surface area contributed by atoms with Gasteiger partial charge in [0.15, 0.2) is 0 Å². The van der Waals surface area contributed by atoms with E-state index < -0.39 is 0 Å². The molecule has 20 heavy (non-hydrogen) atoms. The van der Waals surface area contributed by atoms with Crippen molar-refractivity contribution in [3.8, 4) is 0 Å². The number of ether oxygens (including phenoxy) is 1. The van der Waals surface area contributed by atoms with E-state index in [1.54, 1.807) is 0 Å². The maximum absolute atomic E-state index is 5.92. The lowest BCUT2D eigenvalue weighted by Crippen LogP contribution is -2.46. The van der Waals surface area contributed by atoms with E-state index in [4.69, 9.17) is 4.74 Å². The van der Waals surface area contributed by atoms with Crippen LogP contribution in [0.25, 0.3) is 10.8 Å². The van der Waals surface area contributed by atoms with Crippen LogP contribution >= 0.6 is 0 Å². The smallest absolute Gasteiger partial charge is 0.0804 e. The van der Waals surface area contributed by atoms with E-state index in [0.717, 1.165) is 19.6 Å². The van der Waals surface area contributed by atoms with Crippen molar-refractivity contribution in [1.29, 1.82) is 0 Å². The molecule has 0 amide bonds. The van der Waals surface area contributed by atoms with Gasteiger partial charge >= 0.3 is 0 Å². The Bertz CT molecular complexity index is 581. The molecule has 0 saturated carbocycles. The zero-order chi connectivity index (χ0) is 14.0. The van der Waals surface area contributed by atoms with Crippen LogP contribution in [0.3, 0.4) is 0 Å². The van der Waals surface area contributed by atoms with E-state index in [1.165, 1.54) is 22.8 Å². The highest BCUT2D eigenvalue weighted by molar-refractivity contribution is 5.85. The van der Waals surface area contributed by atoms with Crippen LogP contribution in [0.1, 0.15) is 32.3 Å². The fourth-order valence-electron chi connectivity index (χ4n) is 3.07. The summed E-state index contributed by atoms with van der Waals surface area (Å²) in [6.07, 6.45) is 2.33. The monoisotopic (exact) mass is 269 g/mol. The fourth-order valence-corrected chi connectivity index (χ4v) is 3.07. The summed E-state index contributed by atoms with van der Waals surface area (Å²) >= 11 is 0. The molecule has 1 aliphatic heterocycles. The molecule has 3 rings (SSSR count). The molecule has 2 heteroatoms. The minimum Gasteiger partial charge on any atom is -0.374 e. The average molecular weight is 269 g/mol. The summed E-state index contributed by atoms with van der Waals surface area (Å²) in [5.74, 6) is 0. The third kappa shape index (κ3) is 2.58. The number of nitrogens with one attached hydrogen (secondary N) is 1. The Labute approximate surface area is 121 Å². The van der Waals surface area contributed by atoms with Gasteiger partial charge < -0.3 is 10.1 Å². The van der Waals surface area contributed by atoms with Gasteiger partial charge in [0.25, 0.3) is 0 Å². The second-order valence-electron chi connectivity index (χ2n) is 6.01. The standard InChI is InChI=1S/C18H23NO/c1-14(18(2)11-6-12-20-18)19-13-16-9-5-8-15-7-3-4-10-17(15)16/h3-5,7-10,14,19H,6,11-13H2,1-2H3/t14-,18-/m1/s1. The van der Waals surface area contributed by atoms with E-state index >= 15 is 0 Å². The minimum atomic E-state index is -0.00934. The molecule has 2 nitrogen and oxygen atoms in total. The first-order chi connectivity index (χ1) is 9.69. The summed E-state index contributed by atoms with van der Waals surface area (Å²) in [6, 6.07) is 15.5. The molecule has 1 aliphatic rings. The van der Waals surface area contributed by atoms with Gasteiger partial charge in [0.05, 0.1) is 5.60 Å². The molecule has 1 heterocycles. The second kappa shape index (κ2) is 5.55.